The topological polar surface area (TPSA) is 69.8 Å². The maximum Gasteiger partial charge on any atom is 0.238 e. The van der Waals surface area contributed by atoms with E-state index in [2.05, 4.69) is 20.8 Å². The Morgan fingerprint density at radius 2 is 2.60 bits per heavy atom. The van der Waals surface area contributed by atoms with Gasteiger partial charge in [0.05, 0.1) is 18.3 Å². The first-order valence-corrected chi connectivity index (χ1v) is 5.59. The van der Waals surface area contributed by atoms with Gasteiger partial charge in [-0.15, -0.1) is 24.2 Å². The average Bonchev–Trinajstić information content (AvgIpc) is 2.87. The third-order valence-corrected chi connectivity index (χ3v) is 2.98. The molecule has 7 heteroatoms. The Morgan fingerprint density at radius 3 is 3.20 bits per heavy atom. The molecule has 1 amide bonds. The second kappa shape index (κ2) is 5.99. The van der Waals surface area contributed by atoms with Gasteiger partial charge in [0.15, 0.2) is 0 Å². The fourth-order valence-corrected chi connectivity index (χ4v) is 2.19. The van der Waals surface area contributed by atoms with Crippen molar-refractivity contribution in [1.82, 2.24) is 20.8 Å². The van der Waals surface area contributed by atoms with E-state index in [1.807, 2.05) is 6.07 Å². The monoisotopic (exact) mass is 248 g/mol. The molecule has 1 aliphatic heterocycles. The second-order valence-corrected chi connectivity index (χ2v) is 4.10. The number of halogens is 1. The molecule has 5 nitrogen and oxygen atoms in total. The summed E-state index contributed by atoms with van der Waals surface area (Å²) in [6.45, 7) is 0.516. The number of amides is 1. The number of rotatable bonds is 3. The Balaban J connectivity index is 0.00000112. The molecule has 0 aliphatic carbocycles. The van der Waals surface area contributed by atoms with Gasteiger partial charge in [0.25, 0.3) is 0 Å². The van der Waals surface area contributed by atoms with Crippen molar-refractivity contribution < 1.29 is 4.79 Å². The van der Waals surface area contributed by atoms with E-state index < -0.39 is 0 Å². The molecular weight excluding hydrogens is 236 g/mol. The summed E-state index contributed by atoms with van der Waals surface area (Å²) in [5.41, 5.74) is 0.920. The zero-order valence-electron chi connectivity index (χ0n) is 8.03. The quantitative estimate of drug-likeness (QED) is 0.710. The van der Waals surface area contributed by atoms with Crippen molar-refractivity contribution in [3.8, 4) is 0 Å². The number of carbonyl (C=O) groups excluding carboxylic acids is 1. The highest BCUT2D eigenvalue weighted by Crippen LogP contribution is 2.09. The molecule has 0 saturated carbocycles. The zero-order chi connectivity index (χ0) is 9.80. The summed E-state index contributed by atoms with van der Waals surface area (Å²) in [5.74, 6) is 1.78. The van der Waals surface area contributed by atoms with Crippen LogP contribution in [0.15, 0.2) is 12.3 Å². The van der Waals surface area contributed by atoms with E-state index in [1.165, 1.54) is 0 Å². The lowest BCUT2D eigenvalue weighted by molar-refractivity contribution is -0.122. The number of thioether (sulfide) groups is 1. The van der Waals surface area contributed by atoms with E-state index in [-0.39, 0.29) is 24.4 Å². The van der Waals surface area contributed by atoms with E-state index in [4.69, 9.17) is 0 Å². The normalized spacial score (nSPS) is 19.6. The van der Waals surface area contributed by atoms with Crippen molar-refractivity contribution in [2.24, 2.45) is 0 Å². The van der Waals surface area contributed by atoms with Crippen LogP contribution in [0.4, 0.5) is 0 Å². The molecule has 0 spiro atoms. The Bertz CT molecular complexity index is 300. The molecule has 1 saturated heterocycles. The Labute approximate surface area is 98.2 Å². The van der Waals surface area contributed by atoms with E-state index >= 15 is 0 Å². The van der Waals surface area contributed by atoms with Gasteiger partial charge in [0.1, 0.15) is 0 Å². The lowest BCUT2D eigenvalue weighted by atomic mass is 10.3. The summed E-state index contributed by atoms with van der Waals surface area (Å²) in [4.78, 5) is 11.5. The van der Waals surface area contributed by atoms with Crippen LogP contribution >= 0.6 is 24.2 Å². The van der Waals surface area contributed by atoms with Gasteiger partial charge in [-0.05, 0) is 6.07 Å². The highest BCUT2D eigenvalue weighted by molar-refractivity contribution is 7.99. The molecule has 0 radical (unpaired) electrons. The van der Waals surface area contributed by atoms with Crippen LogP contribution in [0.3, 0.4) is 0 Å². The van der Waals surface area contributed by atoms with E-state index in [0.29, 0.717) is 6.54 Å². The minimum atomic E-state index is -0.0390. The molecule has 0 unspecified atom stereocenters. The van der Waals surface area contributed by atoms with Gasteiger partial charge in [-0.2, -0.15) is 5.10 Å². The molecule has 1 atom stereocenters. The Hall–Kier alpha value is -0.720. The van der Waals surface area contributed by atoms with E-state index in [1.54, 1.807) is 18.0 Å². The SMILES string of the molecule is Cl.O=C(NCc1ccn[nH]1)[C@H]1CSCN1. The summed E-state index contributed by atoms with van der Waals surface area (Å²) in [5, 5.41) is 12.5. The molecule has 0 bridgehead atoms. The minimum absolute atomic E-state index is 0. The number of nitrogens with one attached hydrogen (secondary N) is 3. The molecule has 1 aromatic rings. The lowest BCUT2D eigenvalue weighted by Gasteiger charge is -2.08. The molecule has 84 valence electrons. The largest absolute Gasteiger partial charge is 0.349 e. The molecular formula is C8H13ClN4OS. The number of hydrogen-bond donors (Lipinski definition) is 3. The third kappa shape index (κ3) is 3.40. The van der Waals surface area contributed by atoms with Gasteiger partial charge in [-0.3, -0.25) is 15.2 Å². The fourth-order valence-electron chi connectivity index (χ4n) is 1.25. The fraction of sp³-hybridized carbons (Fsp3) is 0.500. The van der Waals surface area contributed by atoms with Crippen LogP contribution in [0.5, 0.6) is 0 Å². The van der Waals surface area contributed by atoms with Gasteiger partial charge in [-0.25, -0.2) is 0 Å². The second-order valence-electron chi connectivity index (χ2n) is 3.07. The summed E-state index contributed by atoms with van der Waals surface area (Å²) >= 11 is 1.74. The Kier molecular flexibility index (Phi) is 4.93. The maximum atomic E-state index is 11.5. The highest BCUT2D eigenvalue weighted by atomic mass is 35.5. The molecule has 2 rings (SSSR count). The van der Waals surface area contributed by atoms with Crippen LogP contribution in [-0.2, 0) is 11.3 Å². The summed E-state index contributed by atoms with van der Waals surface area (Å²) in [7, 11) is 0. The molecule has 3 N–H and O–H groups in total. The van der Waals surface area contributed by atoms with Crippen LogP contribution in [0.1, 0.15) is 5.69 Å². The van der Waals surface area contributed by atoms with Gasteiger partial charge in [-0.1, -0.05) is 0 Å². The van der Waals surface area contributed by atoms with Crippen LogP contribution in [0, 0.1) is 0 Å². The van der Waals surface area contributed by atoms with E-state index in [9.17, 15) is 4.79 Å². The molecule has 0 aromatic carbocycles. The number of aromatic amines is 1. The number of hydrogen-bond acceptors (Lipinski definition) is 4. The standard InChI is InChI=1S/C8H12N4OS.ClH/c13-8(7-4-14-5-10-7)9-3-6-1-2-11-12-6;/h1-2,7,10H,3-5H2,(H,9,13)(H,11,12);1H/t7-;/m1./s1. The number of nitrogens with zero attached hydrogens (tertiary/aromatic N) is 1. The van der Waals surface area contributed by atoms with Crippen LogP contribution < -0.4 is 10.6 Å². The Morgan fingerprint density at radius 1 is 1.73 bits per heavy atom. The van der Waals surface area contributed by atoms with Gasteiger partial charge < -0.3 is 5.32 Å². The molecule has 1 aliphatic rings. The van der Waals surface area contributed by atoms with Crippen molar-refractivity contribution >= 4 is 30.1 Å². The highest BCUT2D eigenvalue weighted by Gasteiger charge is 2.21. The van der Waals surface area contributed by atoms with Crippen LogP contribution in [0.2, 0.25) is 0 Å². The van der Waals surface area contributed by atoms with Crippen molar-refractivity contribution in [1.29, 1.82) is 0 Å². The first-order valence-electron chi connectivity index (χ1n) is 4.43. The number of carbonyl (C=O) groups is 1. The number of aromatic nitrogens is 2. The molecule has 1 aromatic heterocycles. The predicted molar refractivity (Wildman–Crippen MR) is 61.9 cm³/mol. The van der Waals surface area contributed by atoms with Crippen molar-refractivity contribution in [3.63, 3.8) is 0 Å². The number of H-pyrrole nitrogens is 1. The maximum absolute atomic E-state index is 11.5. The van der Waals surface area contributed by atoms with Crippen molar-refractivity contribution in [2.75, 3.05) is 11.6 Å². The third-order valence-electron chi connectivity index (χ3n) is 2.04. The molecule has 1 fully saturated rings. The van der Waals surface area contributed by atoms with Crippen LogP contribution in [0.25, 0.3) is 0 Å². The minimum Gasteiger partial charge on any atom is -0.349 e. The zero-order valence-corrected chi connectivity index (χ0v) is 9.66. The predicted octanol–water partition coefficient (Wildman–Crippen LogP) is 0.110. The van der Waals surface area contributed by atoms with E-state index in [0.717, 1.165) is 17.3 Å². The molecule has 2 heterocycles. The summed E-state index contributed by atoms with van der Waals surface area (Å²) in [6, 6.07) is 1.81. The van der Waals surface area contributed by atoms with Crippen LogP contribution in [-0.4, -0.2) is 33.8 Å². The first-order chi connectivity index (χ1) is 6.86. The van der Waals surface area contributed by atoms with Crippen molar-refractivity contribution in [2.45, 2.75) is 12.6 Å². The smallest absolute Gasteiger partial charge is 0.238 e. The summed E-state index contributed by atoms with van der Waals surface area (Å²) < 4.78 is 0. The van der Waals surface area contributed by atoms with Crippen molar-refractivity contribution in [3.05, 3.63) is 18.0 Å². The molecule has 15 heavy (non-hydrogen) atoms. The summed E-state index contributed by atoms with van der Waals surface area (Å²) in [6.07, 6.45) is 1.67. The average molecular weight is 249 g/mol. The van der Waals surface area contributed by atoms with Gasteiger partial charge in [0.2, 0.25) is 5.91 Å². The first kappa shape index (κ1) is 12.4. The van der Waals surface area contributed by atoms with Gasteiger partial charge in [0, 0.05) is 17.8 Å². The van der Waals surface area contributed by atoms with Gasteiger partial charge >= 0.3 is 0 Å². The lowest BCUT2D eigenvalue weighted by Crippen LogP contribution is -2.41.